The zero-order valence-corrected chi connectivity index (χ0v) is 12.4. The summed E-state index contributed by atoms with van der Waals surface area (Å²) in [5.74, 6) is -0.396. The number of carbonyl (C=O) groups is 1. The molecule has 0 fully saturated rings. The van der Waals surface area contributed by atoms with E-state index in [1.54, 1.807) is 13.0 Å². The van der Waals surface area contributed by atoms with Crippen LogP contribution in [0.15, 0.2) is 42.6 Å². The summed E-state index contributed by atoms with van der Waals surface area (Å²) in [4.78, 5) is 16.2. The Bertz CT molecular complexity index is 701. The number of hydrogen-bond acceptors (Lipinski definition) is 3. The SMILES string of the molecule is CC(NC(=O)c1ccnc(CN)c1)c1cccc(C(F)(F)F)c1. The Kier molecular flexibility index (Phi) is 5.00. The van der Waals surface area contributed by atoms with Gasteiger partial charge in [-0.1, -0.05) is 12.1 Å². The van der Waals surface area contributed by atoms with Gasteiger partial charge in [0.25, 0.3) is 5.91 Å². The van der Waals surface area contributed by atoms with Gasteiger partial charge in [-0.3, -0.25) is 9.78 Å². The summed E-state index contributed by atoms with van der Waals surface area (Å²) in [5, 5.41) is 2.67. The number of carbonyl (C=O) groups excluding carboxylic acids is 1. The van der Waals surface area contributed by atoms with Gasteiger partial charge in [-0.25, -0.2) is 0 Å². The molecule has 122 valence electrons. The number of halogens is 3. The Morgan fingerprint density at radius 3 is 2.70 bits per heavy atom. The number of benzene rings is 1. The van der Waals surface area contributed by atoms with Crippen LogP contribution in [0.3, 0.4) is 0 Å². The lowest BCUT2D eigenvalue weighted by Gasteiger charge is -2.16. The molecule has 2 aromatic rings. The number of pyridine rings is 1. The van der Waals surface area contributed by atoms with Gasteiger partial charge in [-0.15, -0.1) is 0 Å². The molecule has 1 aromatic carbocycles. The molecule has 1 aromatic heterocycles. The highest BCUT2D eigenvalue weighted by Crippen LogP contribution is 2.30. The Balaban J connectivity index is 2.15. The van der Waals surface area contributed by atoms with Crippen LogP contribution in [0, 0.1) is 0 Å². The van der Waals surface area contributed by atoms with Crippen molar-refractivity contribution in [1.29, 1.82) is 0 Å². The van der Waals surface area contributed by atoms with Crippen LogP contribution in [0.1, 0.15) is 40.1 Å². The van der Waals surface area contributed by atoms with E-state index in [2.05, 4.69) is 10.3 Å². The van der Waals surface area contributed by atoms with Crippen molar-refractivity contribution >= 4 is 5.91 Å². The van der Waals surface area contributed by atoms with Crippen LogP contribution in [-0.2, 0) is 12.7 Å². The summed E-state index contributed by atoms with van der Waals surface area (Å²) >= 11 is 0. The third-order valence-electron chi connectivity index (χ3n) is 3.35. The highest BCUT2D eigenvalue weighted by Gasteiger charge is 2.30. The smallest absolute Gasteiger partial charge is 0.346 e. The van der Waals surface area contributed by atoms with Crippen LogP contribution in [0.2, 0.25) is 0 Å². The monoisotopic (exact) mass is 323 g/mol. The molecule has 1 amide bonds. The van der Waals surface area contributed by atoms with Crippen molar-refractivity contribution in [3.05, 3.63) is 65.0 Å². The Morgan fingerprint density at radius 2 is 2.04 bits per heavy atom. The average molecular weight is 323 g/mol. The van der Waals surface area contributed by atoms with Crippen molar-refractivity contribution < 1.29 is 18.0 Å². The molecular formula is C16H16F3N3O. The second kappa shape index (κ2) is 6.78. The minimum Gasteiger partial charge on any atom is -0.346 e. The molecule has 0 saturated carbocycles. The van der Waals surface area contributed by atoms with Crippen LogP contribution >= 0.6 is 0 Å². The lowest BCUT2D eigenvalue weighted by atomic mass is 10.0. The number of nitrogens with one attached hydrogen (secondary N) is 1. The first-order valence-electron chi connectivity index (χ1n) is 6.94. The zero-order chi connectivity index (χ0) is 17.0. The molecule has 0 aliphatic carbocycles. The third kappa shape index (κ3) is 4.29. The standard InChI is InChI=1S/C16H16F3N3O/c1-10(11-3-2-4-13(7-11)16(17,18)19)22-15(23)12-5-6-21-14(8-12)9-20/h2-8,10H,9,20H2,1H3,(H,22,23). The van der Waals surface area contributed by atoms with E-state index in [1.807, 2.05) is 0 Å². The topological polar surface area (TPSA) is 68.0 Å². The molecule has 1 unspecified atom stereocenters. The largest absolute Gasteiger partial charge is 0.416 e. The Morgan fingerprint density at radius 1 is 1.30 bits per heavy atom. The van der Waals surface area contributed by atoms with E-state index in [1.165, 1.54) is 24.4 Å². The molecule has 1 heterocycles. The lowest BCUT2D eigenvalue weighted by Crippen LogP contribution is -2.27. The van der Waals surface area contributed by atoms with E-state index in [9.17, 15) is 18.0 Å². The summed E-state index contributed by atoms with van der Waals surface area (Å²) < 4.78 is 38.2. The molecule has 23 heavy (non-hydrogen) atoms. The molecule has 0 spiro atoms. The molecule has 0 aliphatic heterocycles. The molecule has 1 atom stereocenters. The van der Waals surface area contributed by atoms with E-state index in [4.69, 9.17) is 5.73 Å². The van der Waals surface area contributed by atoms with E-state index < -0.39 is 23.7 Å². The maximum absolute atomic E-state index is 12.7. The number of alkyl halides is 3. The molecule has 4 nitrogen and oxygen atoms in total. The fourth-order valence-corrected chi connectivity index (χ4v) is 2.08. The Hall–Kier alpha value is -2.41. The van der Waals surface area contributed by atoms with E-state index in [-0.39, 0.29) is 6.54 Å². The number of nitrogens with zero attached hydrogens (tertiary/aromatic N) is 1. The van der Waals surface area contributed by atoms with Gasteiger partial charge in [0.2, 0.25) is 0 Å². The van der Waals surface area contributed by atoms with Gasteiger partial charge in [-0.05, 0) is 36.8 Å². The van der Waals surface area contributed by atoms with Gasteiger partial charge in [0.05, 0.1) is 17.3 Å². The summed E-state index contributed by atoms with van der Waals surface area (Å²) in [6, 6.07) is 7.38. The predicted octanol–water partition coefficient (Wildman–Crippen LogP) is 3.05. The van der Waals surface area contributed by atoms with E-state index in [0.717, 1.165) is 12.1 Å². The minimum absolute atomic E-state index is 0.199. The van der Waals surface area contributed by atoms with E-state index >= 15 is 0 Å². The second-order valence-electron chi connectivity index (χ2n) is 5.06. The molecule has 2 rings (SSSR count). The van der Waals surface area contributed by atoms with Gasteiger partial charge < -0.3 is 11.1 Å². The maximum Gasteiger partial charge on any atom is 0.416 e. The first-order valence-corrected chi connectivity index (χ1v) is 6.94. The number of aromatic nitrogens is 1. The van der Waals surface area contributed by atoms with Crippen LogP contribution < -0.4 is 11.1 Å². The van der Waals surface area contributed by atoms with Crippen molar-refractivity contribution in [1.82, 2.24) is 10.3 Å². The van der Waals surface area contributed by atoms with Crippen molar-refractivity contribution in [3.63, 3.8) is 0 Å². The normalized spacial score (nSPS) is 12.7. The Labute approximate surface area is 131 Å². The van der Waals surface area contributed by atoms with Crippen molar-refractivity contribution in [3.8, 4) is 0 Å². The lowest BCUT2D eigenvalue weighted by molar-refractivity contribution is -0.137. The van der Waals surface area contributed by atoms with Gasteiger partial charge >= 0.3 is 6.18 Å². The molecule has 0 bridgehead atoms. The quantitative estimate of drug-likeness (QED) is 0.909. The zero-order valence-electron chi connectivity index (χ0n) is 12.4. The van der Waals surface area contributed by atoms with Gasteiger partial charge in [-0.2, -0.15) is 13.2 Å². The van der Waals surface area contributed by atoms with Crippen LogP contribution in [0.4, 0.5) is 13.2 Å². The molecule has 7 heteroatoms. The number of nitrogens with two attached hydrogens (primary N) is 1. The third-order valence-corrected chi connectivity index (χ3v) is 3.35. The maximum atomic E-state index is 12.7. The van der Waals surface area contributed by atoms with Gasteiger partial charge in [0, 0.05) is 18.3 Å². The van der Waals surface area contributed by atoms with Crippen LogP contribution in [0.25, 0.3) is 0 Å². The first kappa shape index (κ1) is 17.0. The van der Waals surface area contributed by atoms with Crippen molar-refractivity contribution in [2.24, 2.45) is 5.73 Å². The van der Waals surface area contributed by atoms with Crippen LogP contribution in [0.5, 0.6) is 0 Å². The fourth-order valence-electron chi connectivity index (χ4n) is 2.08. The van der Waals surface area contributed by atoms with Crippen molar-refractivity contribution in [2.75, 3.05) is 0 Å². The molecule has 0 aliphatic rings. The second-order valence-corrected chi connectivity index (χ2v) is 5.06. The van der Waals surface area contributed by atoms with Gasteiger partial charge in [0.1, 0.15) is 0 Å². The predicted molar refractivity (Wildman–Crippen MR) is 79.5 cm³/mol. The average Bonchev–Trinajstić information content (AvgIpc) is 2.54. The highest BCUT2D eigenvalue weighted by molar-refractivity contribution is 5.94. The highest BCUT2D eigenvalue weighted by atomic mass is 19.4. The first-order chi connectivity index (χ1) is 10.8. The summed E-state index contributed by atoms with van der Waals surface area (Å²) in [7, 11) is 0. The number of rotatable bonds is 4. The fraction of sp³-hybridized carbons (Fsp3) is 0.250. The number of hydrogen-bond donors (Lipinski definition) is 2. The molecular weight excluding hydrogens is 307 g/mol. The molecule has 0 radical (unpaired) electrons. The summed E-state index contributed by atoms with van der Waals surface area (Å²) in [6.07, 6.45) is -2.95. The number of amides is 1. The molecule has 0 saturated heterocycles. The van der Waals surface area contributed by atoms with Crippen LogP contribution in [-0.4, -0.2) is 10.9 Å². The summed E-state index contributed by atoms with van der Waals surface area (Å²) in [6.45, 7) is 1.82. The summed E-state index contributed by atoms with van der Waals surface area (Å²) in [5.41, 5.74) is 6.02. The van der Waals surface area contributed by atoms with E-state index in [0.29, 0.717) is 16.8 Å². The minimum atomic E-state index is -4.42. The van der Waals surface area contributed by atoms with Crippen molar-refractivity contribution in [2.45, 2.75) is 25.7 Å². The van der Waals surface area contributed by atoms with Gasteiger partial charge in [0.15, 0.2) is 0 Å². The molecule has 3 N–H and O–H groups in total.